The van der Waals surface area contributed by atoms with Crippen LogP contribution < -0.4 is 0 Å². The third-order valence-corrected chi connectivity index (χ3v) is 7.09. The molecule has 150 valence electrons. The molecule has 4 atom stereocenters. The molecule has 4 nitrogen and oxygen atoms in total. The zero-order valence-electron chi connectivity index (χ0n) is 16.5. The summed E-state index contributed by atoms with van der Waals surface area (Å²) in [5.74, 6) is 0.308. The number of fused-ring (bicyclic) bond motifs is 1. The molecule has 0 aromatic heterocycles. The van der Waals surface area contributed by atoms with E-state index in [9.17, 15) is 8.42 Å². The zero-order valence-corrected chi connectivity index (χ0v) is 17.3. The van der Waals surface area contributed by atoms with Crippen molar-refractivity contribution < 1.29 is 16.8 Å². The Morgan fingerprint density at radius 3 is 1.57 bits per heavy atom. The predicted octanol–water partition coefficient (Wildman–Crippen LogP) is 4.55. The van der Waals surface area contributed by atoms with E-state index in [4.69, 9.17) is 8.37 Å². The number of hydrogen-bond acceptors (Lipinski definition) is 4. The van der Waals surface area contributed by atoms with Crippen LogP contribution in [-0.2, 0) is 31.6 Å². The monoisotopic (exact) mass is 400 g/mol. The summed E-state index contributed by atoms with van der Waals surface area (Å²) in [6.45, 7) is 4.52. The Morgan fingerprint density at radius 2 is 1.18 bits per heavy atom. The first-order valence-electron chi connectivity index (χ1n) is 10.0. The van der Waals surface area contributed by atoms with Crippen molar-refractivity contribution in [3.8, 4) is 0 Å². The van der Waals surface area contributed by atoms with E-state index in [-0.39, 0.29) is 29.5 Å². The van der Waals surface area contributed by atoms with Crippen LogP contribution in [0.3, 0.4) is 0 Å². The predicted molar refractivity (Wildman–Crippen MR) is 109 cm³/mol. The lowest BCUT2D eigenvalue weighted by atomic mass is 9.82. The SMILES string of the molecule is CC1(C)C[C@H]2[C@H](C1)[C@@H](Cc1ccccc1)OS(=O)(=O)O[C@@H]2Cc1ccccc1. The molecule has 0 radical (unpaired) electrons. The molecule has 2 aromatic carbocycles. The largest absolute Gasteiger partial charge is 0.400 e. The molecule has 0 spiro atoms. The summed E-state index contributed by atoms with van der Waals surface area (Å²) in [4.78, 5) is 0. The second kappa shape index (κ2) is 7.62. The molecule has 0 unspecified atom stereocenters. The van der Waals surface area contributed by atoms with Gasteiger partial charge in [0, 0.05) is 12.8 Å². The van der Waals surface area contributed by atoms with Gasteiger partial charge in [-0.15, -0.1) is 0 Å². The summed E-state index contributed by atoms with van der Waals surface area (Å²) < 4.78 is 36.5. The molecule has 28 heavy (non-hydrogen) atoms. The van der Waals surface area contributed by atoms with Crippen LogP contribution in [0, 0.1) is 17.3 Å². The maximum absolute atomic E-state index is 12.6. The third-order valence-electron chi connectivity index (χ3n) is 6.12. The highest BCUT2D eigenvalue weighted by Crippen LogP contribution is 2.51. The van der Waals surface area contributed by atoms with Crippen molar-refractivity contribution in [1.29, 1.82) is 0 Å². The molecule has 2 fully saturated rings. The van der Waals surface area contributed by atoms with E-state index < -0.39 is 10.4 Å². The third kappa shape index (κ3) is 4.48. The van der Waals surface area contributed by atoms with Crippen molar-refractivity contribution in [3.63, 3.8) is 0 Å². The minimum atomic E-state index is -4.04. The molecule has 1 saturated carbocycles. The Balaban J connectivity index is 1.65. The minimum absolute atomic E-state index is 0.146. The van der Waals surface area contributed by atoms with Crippen molar-refractivity contribution in [2.45, 2.75) is 51.7 Å². The molecule has 1 aliphatic carbocycles. The topological polar surface area (TPSA) is 52.6 Å². The maximum atomic E-state index is 12.6. The Kier molecular flexibility index (Phi) is 5.34. The fourth-order valence-electron chi connectivity index (χ4n) is 5.01. The van der Waals surface area contributed by atoms with Crippen LogP contribution in [0.15, 0.2) is 60.7 Å². The fourth-order valence-corrected chi connectivity index (χ4v) is 6.08. The standard InChI is InChI=1S/C23H28O4S/c1-23(2)15-19-20(16-23)22(14-18-11-7-4-8-12-18)27-28(24,25)26-21(19)13-17-9-5-3-6-10-17/h3-12,19-22H,13-16H2,1-2H3/t19-,20-,21+,22+/m0/s1. The van der Waals surface area contributed by atoms with Gasteiger partial charge in [0.1, 0.15) is 0 Å². The molecule has 2 aliphatic rings. The van der Waals surface area contributed by atoms with Gasteiger partial charge in [-0.1, -0.05) is 74.5 Å². The Labute approximate surface area is 168 Å². The van der Waals surface area contributed by atoms with Crippen LogP contribution >= 0.6 is 0 Å². The van der Waals surface area contributed by atoms with E-state index in [2.05, 4.69) is 13.8 Å². The first-order valence-corrected chi connectivity index (χ1v) is 11.3. The highest BCUT2D eigenvalue weighted by Gasteiger charge is 2.51. The molecule has 4 rings (SSSR count). The summed E-state index contributed by atoms with van der Waals surface area (Å²) in [5.41, 5.74) is 2.33. The van der Waals surface area contributed by atoms with Crippen molar-refractivity contribution in [2.75, 3.05) is 0 Å². The first-order chi connectivity index (χ1) is 13.3. The fraction of sp³-hybridized carbons (Fsp3) is 0.478. The molecule has 0 bridgehead atoms. The van der Waals surface area contributed by atoms with Crippen LogP contribution in [0.5, 0.6) is 0 Å². The molecule has 2 aromatic rings. The summed E-state index contributed by atoms with van der Waals surface area (Å²) in [6.07, 6.45) is 2.27. The van der Waals surface area contributed by atoms with Crippen LogP contribution in [0.4, 0.5) is 0 Å². The summed E-state index contributed by atoms with van der Waals surface area (Å²) in [6, 6.07) is 19.9. The van der Waals surface area contributed by atoms with Gasteiger partial charge in [-0.3, -0.25) is 0 Å². The molecule has 1 aliphatic heterocycles. The van der Waals surface area contributed by atoms with Crippen LogP contribution in [0.2, 0.25) is 0 Å². The number of hydrogen-bond donors (Lipinski definition) is 0. The lowest BCUT2D eigenvalue weighted by Gasteiger charge is -2.27. The van der Waals surface area contributed by atoms with E-state index >= 15 is 0 Å². The molecule has 5 heteroatoms. The Hall–Kier alpha value is -1.69. The zero-order chi connectivity index (χ0) is 19.8. The van der Waals surface area contributed by atoms with E-state index in [1.165, 1.54) is 0 Å². The minimum Gasteiger partial charge on any atom is -0.244 e. The number of benzene rings is 2. The Bertz CT molecular complexity index is 825. The lowest BCUT2D eigenvalue weighted by Crippen LogP contribution is -2.32. The number of rotatable bonds is 4. The van der Waals surface area contributed by atoms with Crippen molar-refractivity contribution >= 4 is 10.4 Å². The van der Waals surface area contributed by atoms with Gasteiger partial charge in [0.15, 0.2) is 0 Å². The quantitative estimate of drug-likeness (QED) is 0.755. The van der Waals surface area contributed by atoms with E-state index in [1.807, 2.05) is 60.7 Å². The van der Waals surface area contributed by atoms with Gasteiger partial charge in [-0.05, 0) is 41.2 Å². The normalized spacial score (nSPS) is 31.1. The van der Waals surface area contributed by atoms with Gasteiger partial charge < -0.3 is 0 Å². The average Bonchev–Trinajstić information content (AvgIpc) is 2.93. The highest BCUT2D eigenvalue weighted by molar-refractivity contribution is 7.81. The van der Waals surface area contributed by atoms with Gasteiger partial charge >= 0.3 is 10.4 Å². The van der Waals surface area contributed by atoms with Crippen molar-refractivity contribution in [3.05, 3.63) is 71.8 Å². The van der Waals surface area contributed by atoms with Crippen LogP contribution in [0.25, 0.3) is 0 Å². The molecule has 1 heterocycles. The molecule has 0 N–H and O–H groups in total. The first kappa shape index (κ1) is 19.6. The van der Waals surface area contributed by atoms with Crippen molar-refractivity contribution in [2.24, 2.45) is 17.3 Å². The second-order valence-corrected chi connectivity index (χ2v) is 10.2. The molecular weight excluding hydrogens is 372 g/mol. The molecule has 0 amide bonds. The molecule has 1 saturated heterocycles. The van der Waals surface area contributed by atoms with E-state index in [0.717, 1.165) is 24.0 Å². The lowest BCUT2D eigenvalue weighted by molar-refractivity contribution is 0.111. The van der Waals surface area contributed by atoms with Gasteiger partial charge in [-0.25, -0.2) is 8.37 Å². The van der Waals surface area contributed by atoms with E-state index in [1.54, 1.807) is 0 Å². The molecular formula is C23H28O4S. The van der Waals surface area contributed by atoms with Gasteiger partial charge in [0.2, 0.25) is 0 Å². The smallest absolute Gasteiger partial charge is 0.244 e. The van der Waals surface area contributed by atoms with Gasteiger partial charge in [0.05, 0.1) is 12.2 Å². The van der Waals surface area contributed by atoms with Crippen LogP contribution in [0.1, 0.15) is 37.8 Å². The van der Waals surface area contributed by atoms with E-state index in [0.29, 0.717) is 12.8 Å². The summed E-state index contributed by atoms with van der Waals surface area (Å²) in [7, 11) is -4.04. The summed E-state index contributed by atoms with van der Waals surface area (Å²) in [5, 5.41) is 0. The average molecular weight is 401 g/mol. The Morgan fingerprint density at radius 1 is 0.786 bits per heavy atom. The second-order valence-electron chi connectivity index (χ2n) is 8.96. The highest BCUT2D eigenvalue weighted by atomic mass is 32.3. The van der Waals surface area contributed by atoms with Crippen molar-refractivity contribution in [1.82, 2.24) is 0 Å². The van der Waals surface area contributed by atoms with Crippen LogP contribution in [-0.4, -0.2) is 20.6 Å². The van der Waals surface area contributed by atoms with Gasteiger partial charge in [0.25, 0.3) is 0 Å². The maximum Gasteiger partial charge on any atom is 0.400 e. The van der Waals surface area contributed by atoms with Gasteiger partial charge in [-0.2, -0.15) is 8.42 Å². The summed E-state index contributed by atoms with van der Waals surface area (Å²) >= 11 is 0.